The van der Waals surface area contributed by atoms with Crippen molar-refractivity contribution in [3.8, 4) is 28.6 Å². The summed E-state index contributed by atoms with van der Waals surface area (Å²) < 4.78 is 53.1. The van der Waals surface area contributed by atoms with Gasteiger partial charge in [0.05, 0.1) is 26.6 Å². The molecule has 4 aromatic rings. The molecule has 0 N–H and O–H groups in total. The highest BCUT2D eigenvalue weighted by molar-refractivity contribution is 7.94. The van der Waals surface area contributed by atoms with E-state index in [1.165, 1.54) is 21.1 Å². The largest absolute Gasteiger partial charge is 0.494 e. The summed E-state index contributed by atoms with van der Waals surface area (Å²) >= 11 is 0. The van der Waals surface area contributed by atoms with Crippen molar-refractivity contribution in [2.75, 3.05) is 14.2 Å². The summed E-state index contributed by atoms with van der Waals surface area (Å²) in [6.07, 6.45) is 5.29. The topological polar surface area (TPSA) is 122 Å². The van der Waals surface area contributed by atoms with Crippen molar-refractivity contribution in [1.29, 1.82) is 0 Å². The van der Waals surface area contributed by atoms with Gasteiger partial charge in [0.25, 0.3) is 0 Å². The van der Waals surface area contributed by atoms with Crippen LogP contribution in [0.25, 0.3) is 22.6 Å². The predicted molar refractivity (Wildman–Crippen MR) is 135 cm³/mol. The molecule has 0 aliphatic heterocycles. The molecule has 0 unspecified atom stereocenters. The van der Waals surface area contributed by atoms with Gasteiger partial charge in [-0.3, -0.25) is 9.55 Å². The molecule has 0 atom stereocenters. The van der Waals surface area contributed by atoms with Crippen molar-refractivity contribution in [2.24, 2.45) is 0 Å². The fourth-order valence-electron chi connectivity index (χ4n) is 3.74. The van der Waals surface area contributed by atoms with Gasteiger partial charge < -0.3 is 9.47 Å². The first-order valence-electron chi connectivity index (χ1n) is 11.1. The molecule has 0 bridgehead atoms. The first kappa shape index (κ1) is 25.9. The van der Waals surface area contributed by atoms with Crippen molar-refractivity contribution in [1.82, 2.24) is 29.7 Å². The molecule has 3 aromatic heterocycles. The van der Waals surface area contributed by atoms with E-state index < -0.39 is 21.4 Å². The molecule has 0 aliphatic rings. The number of para-hydroxylation sites is 1. The number of aryl methyl sites for hydroxylation is 1. The molecule has 3 heterocycles. The summed E-state index contributed by atoms with van der Waals surface area (Å²) in [5.74, 6) is 0.364. The van der Waals surface area contributed by atoms with Gasteiger partial charge in [-0.25, -0.2) is 22.8 Å². The molecule has 0 amide bonds. The second-order valence-corrected chi connectivity index (χ2v) is 10.3. The van der Waals surface area contributed by atoms with Crippen LogP contribution in [0.5, 0.6) is 11.5 Å². The number of hydrogen-bond acceptors (Lipinski definition) is 9. The van der Waals surface area contributed by atoms with Crippen molar-refractivity contribution in [3.63, 3.8) is 0 Å². The van der Waals surface area contributed by atoms with E-state index in [0.29, 0.717) is 34.1 Å². The smallest absolute Gasteiger partial charge is 0.182 e. The lowest BCUT2D eigenvalue weighted by molar-refractivity contribution is 0.391. The van der Waals surface area contributed by atoms with Crippen LogP contribution in [-0.2, 0) is 15.6 Å². The Morgan fingerprint density at radius 2 is 1.65 bits per heavy atom. The van der Waals surface area contributed by atoms with Gasteiger partial charge in [0, 0.05) is 28.4 Å². The zero-order valence-electron chi connectivity index (χ0n) is 20.9. The summed E-state index contributed by atoms with van der Waals surface area (Å²) in [7, 11) is -0.921. The summed E-state index contributed by atoms with van der Waals surface area (Å²) in [6.45, 7) is 4.91. The van der Waals surface area contributed by atoms with E-state index in [9.17, 15) is 12.8 Å². The monoisotopic (exact) mass is 524 g/mol. The molecule has 0 saturated heterocycles. The fourth-order valence-corrected chi connectivity index (χ4v) is 5.04. The Bertz CT molecular complexity index is 1560. The van der Waals surface area contributed by atoms with Crippen LogP contribution in [0.2, 0.25) is 0 Å². The van der Waals surface area contributed by atoms with Gasteiger partial charge in [0.2, 0.25) is 0 Å². The maximum Gasteiger partial charge on any atom is 0.182 e. The third-order valence-electron chi connectivity index (χ3n) is 5.76. The van der Waals surface area contributed by atoms with Gasteiger partial charge in [-0.15, -0.1) is 10.2 Å². The number of aromatic nitrogens is 6. The molecule has 10 nitrogen and oxygen atoms in total. The minimum Gasteiger partial charge on any atom is -0.494 e. The Kier molecular flexibility index (Phi) is 7.30. The Hall–Kier alpha value is -4.19. The molecule has 0 aliphatic carbocycles. The molecule has 12 heteroatoms. The van der Waals surface area contributed by atoms with Crippen LogP contribution < -0.4 is 9.47 Å². The quantitative estimate of drug-likeness (QED) is 0.337. The van der Waals surface area contributed by atoms with E-state index in [1.54, 1.807) is 42.1 Å². The average Bonchev–Trinajstić information content (AvgIpc) is 3.29. The minimum absolute atomic E-state index is 0.0272. The molecule has 4 rings (SSSR count). The molecular formula is C25H25FN6O4S. The summed E-state index contributed by atoms with van der Waals surface area (Å²) in [5.41, 5.74) is 2.26. The molecule has 192 valence electrons. The SMILES string of the molecule is COc1cccc(OC)c1-n1c(CS(=O)(=O)/C(C)=C(\C)c2ncc(F)cn2)nnc1-c1cncc(C)c1. The van der Waals surface area contributed by atoms with E-state index in [4.69, 9.17) is 9.47 Å². The molecule has 0 fully saturated rings. The number of ether oxygens (including phenoxy) is 2. The van der Waals surface area contributed by atoms with E-state index in [1.807, 2.05) is 13.0 Å². The first-order chi connectivity index (χ1) is 17.7. The van der Waals surface area contributed by atoms with Crippen LogP contribution in [0.15, 0.2) is 54.0 Å². The van der Waals surface area contributed by atoms with Crippen LogP contribution in [-0.4, -0.2) is 52.4 Å². The van der Waals surface area contributed by atoms with E-state index in [0.717, 1.165) is 18.0 Å². The Balaban J connectivity index is 1.90. The maximum atomic E-state index is 13.5. The van der Waals surface area contributed by atoms with Crippen LogP contribution in [0.1, 0.15) is 31.1 Å². The lowest BCUT2D eigenvalue weighted by atomic mass is 10.2. The summed E-state index contributed by atoms with van der Waals surface area (Å²) in [4.78, 5) is 12.1. The number of rotatable bonds is 8. The minimum atomic E-state index is -3.93. The number of nitrogens with zero attached hydrogens (tertiary/aromatic N) is 6. The molecule has 0 spiro atoms. The highest BCUT2D eigenvalue weighted by atomic mass is 32.2. The number of allylic oxidation sites excluding steroid dienone is 2. The van der Waals surface area contributed by atoms with Gasteiger partial charge in [0.15, 0.2) is 33.1 Å². The second-order valence-electron chi connectivity index (χ2n) is 8.20. The third kappa shape index (κ3) is 5.19. The average molecular weight is 525 g/mol. The van der Waals surface area contributed by atoms with Crippen LogP contribution in [0, 0.1) is 12.7 Å². The Labute approximate surface area is 213 Å². The molecular weight excluding hydrogens is 499 g/mol. The molecule has 1 aromatic carbocycles. The number of pyridine rings is 1. The van der Waals surface area contributed by atoms with Gasteiger partial charge in [-0.1, -0.05) is 6.07 Å². The zero-order valence-corrected chi connectivity index (χ0v) is 21.7. The van der Waals surface area contributed by atoms with Gasteiger partial charge in [-0.05, 0) is 44.5 Å². The fraction of sp³-hybridized carbons (Fsp3) is 0.240. The van der Waals surface area contributed by atoms with Crippen LogP contribution in [0.3, 0.4) is 0 Å². The second kappa shape index (κ2) is 10.4. The molecule has 0 saturated carbocycles. The number of hydrogen-bond donors (Lipinski definition) is 0. The maximum absolute atomic E-state index is 13.5. The Morgan fingerprint density at radius 1 is 1.00 bits per heavy atom. The van der Waals surface area contributed by atoms with Crippen molar-refractivity contribution in [2.45, 2.75) is 26.5 Å². The van der Waals surface area contributed by atoms with E-state index >= 15 is 0 Å². The normalized spacial score (nSPS) is 12.3. The van der Waals surface area contributed by atoms with Crippen molar-refractivity contribution >= 4 is 15.4 Å². The van der Waals surface area contributed by atoms with Crippen molar-refractivity contribution in [3.05, 3.63) is 77.0 Å². The van der Waals surface area contributed by atoms with Gasteiger partial charge in [0.1, 0.15) is 22.9 Å². The lowest BCUT2D eigenvalue weighted by Gasteiger charge is -2.17. The molecule has 37 heavy (non-hydrogen) atoms. The predicted octanol–water partition coefficient (Wildman–Crippen LogP) is 3.95. The number of halogens is 1. The highest BCUT2D eigenvalue weighted by Gasteiger charge is 2.27. The zero-order chi connectivity index (χ0) is 26.7. The van der Waals surface area contributed by atoms with Crippen LogP contribution in [0.4, 0.5) is 4.39 Å². The number of sulfone groups is 1. The standard InChI is InChI=1S/C25H25FN6O4S/c1-15-9-18(11-27-10-15)25-31-30-22(32(25)23-20(35-4)7-6-8-21(23)36-5)14-37(33,34)17(3)16(2)24-28-12-19(26)13-29-24/h6-13H,14H2,1-5H3/b17-16+. The lowest BCUT2D eigenvalue weighted by Crippen LogP contribution is -2.14. The number of benzene rings is 1. The number of methoxy groups -OCH3 is 2. The third-order valence-corrected chi connectivity index (χ3v) is 7.64. The van der Waals surface area contributed by atoms with Gasteiger partial charge in [-0.2, -0.15) is 0 Å². The first-order valence-corrected chi connectivity index (χ1v) is 12.8. The Morgan fingerprint density at radius 3 is 2.24 bits per heavy atom. The molecule has 0 radical (unpaired) electrons. The summed E-state index contributed by atoms with van der Waals surface area (Å²) in [6, 6.07) is 7.09. The van der Waals surface area contributed by atoms with E-state index in [-0.39, 0.29) is 16.6 Å². The van der Waals surface area contributed by atoms with Crippen LogP contribution >= 0.6 is 0 Å². The van der Waals surface area contributed by atoms with Gasteiger partial charge >= 0.3 is 0 Å². The van der Waals surface area contributed by atoms with E-state index in [2.05, 4.69) is 25.1 Å². The summed E-state index contributed by atoms with van der Waals surface area (Å²) in [5, 5.41) is 8.58. The van der Waals surface area contributed by atoms with Crippen molar-refractivity contribution < 1.29 is 22.3 Å². The highest BCUT2D eigenvalue weighted by Crippen LogP contribution is 2.37.